The third-order valence-electron chi connectivity index (χ3n) is 4.48. The zero-order valence-corrected chi connectivity index (χ0v) is 14.5. The Labute approximate surface area is 137 Å². The Morgan fingerprint density at radius 1 is 0.957 bits per heavy atom. The normalized spacial score (nSPS) is 23.0. The van der Waals surface area contributed by atoms with Crippen molar-refractivity contribution in [1.82, 2.24) is 23.7 Å². The van der Waals surface area contributed by atoms with Crippen LogP contribution in [-0.4, -0.2) is 71.3 Å². The summed E-state index contributed by atoms with van der Waals surface area (Å²) in [7, 11) is -3.31. The maximum atomic E-state index is 12.8. The predicted octanol–water partition coefficient (Wildman–Crippen LogP) is 0.616. The van der Waals surface area contributed by atoms with E-state index in [0.29, 0.717) is 57.5 Å². The van der Waals surface area contributed by atoms with Gasteiger partial charge in [-0.25, -0.2) is 0 Å². The van der Waals surface area contributed by atoms with E-state index in [4.69, 9.17) is 4.52 Å². The first-order valence-corrected chi connectivity index (χ1v) is 9.72. The van der Waals surface area contributed by atoms with Crippen molar-refractivity contribution in [2.24, 2.45) is 0 Å². The molecule has 0 bridgehead atoms. The summed E-state index contributed by atoms with van der Waals surface area (Å²) in [6.45, 7) is 6.12. The predicted molar refractivity (Wildman–Crippen MR) is 84.8 cm³/mol. The minimum atomic E-state index is -3.31. The molecule has 2 aliphatic heterocycles. The van der Waals surface area contributed by atoms with Crippen LogP contribution in [0.2, 0.25) is 0 Å². The average Bonchev–Trinajstić information content (AvgIpc) is 2.79. The molecule has 0 N–H and O–H groups in total. The lowest BCUT2D eigenvalue weighted by molar-refractivity contribution is 0.170. The molecule has 0 radical (unpaired) electrons. The van der Waals surface area contributed by atoms with Gasteiger partial charge in [0.1, 0.15) is 0 Å². The van der Waals surface area contributed by atoms with Gasteiger partial charge in [-0.1, -0.05) is 18.0 Å². The molecule has 2 saturated heterocycles. The molecule has 0 spiro atoms. The Balaban J connectivity index is 1.55. The number of piperazine rings is 1. The van der Waals surface area contributed by atoms with Gasteiger partial charge in [0.05, 0.1) is 6.54 Å². The van der Waals surface area contributed by atoms with E-state index in [1.165, 1.54) is 0 Å². The van der Waals surface area contributed by atoms with E-state index in [0.717, 1.165) is 25.7 Å². The zero-order chi connectivity index (χ0) is 16.3. The summed E-state index contributed by atoms with van der Waals surface area (Å²) in [5.74, 6) is 1.22. The summed E-state index contributed by atoms with van der Waals surface area (Å²) in [6, 6.07) is 0. The molecule has 0 amide bonds. The lowest BCUT2D eigenvalue weighted by Gasteiger charge is -2.36. The topological polar surface area (TPSA) is 82.8 Å². The molecule has 2 fully saturated rings. The van der Waals surface area contributed by atoms with Crippen molar-refractivity contribution in [2.45, 2.75) is 39.2 Å². The van der Waals surface area contributed by atoms with Crippen LogP contribution in [0.1, 0.15) is 37.4 Å². The van der Waals surface area contributed by atoms with Gasteiger partial charge in [-0.2, -0.15) is 22.0 Å². The van der Waals surface area contributed by atoms with E-state index in [1.807, 2.05) is 0 Å². The van der Waals surface area contributed by atoms with E-state index >= 15 is 0 Å². The van der Waals surface area contributed by atoms with Crippen LogP contribution in [0.15, 0.2) is 4.52 Å². The van der Waals surface area contributed by atoms with Gasteiger partial charge in [0.2, 0.25) is 5.89 Å². The highest BCUT2D eigenvalue weighted by Gasteiger charge is 2.32. The number of hydrogen-bond donors (Lipinski definition) is 0. The van der Waals surface area contributed by atoms with Crippen molar-refractivity contribution in [3.05, 3.63) is 11.7 Å². The third kappa shape index (κ3) is 4.09. The first-order valence-electron chi connectivity index (χ1n) is 8.32. The van der Waals surface area contributed by atoms with E-state index < -0.39 is 10.2 Å². The number of nitrogens with zero attached hydrogens (tertiary/aromatic N) is 5. The summed E-state index contributed by atoms with van der Waals surface area (Å²) < 4.78 is 33.8. The van der Waals surface area contributed by atoms with E-state index in [2.05, 4.69) is 15.0 Å². The van der Waals surface area contributed by atoms with Crippen molar-refractivity contribution in [2.75, 3.05) is 39.3 Å². The van der Waals surface area contributed by atoms with Gasteiger partial charge in [0.15, 0.2) is 5.82 Å². The first-order chi connectivity index (χ1) is 11.1. The Hall–Kier alpha value is -1.03. The number of aryl methyl sites for hydroxylation is 1. The maximum Gasteiger partial charge on any atom is 0.282 e. The molecule has 130 valence electrons. The minimum absolute atomic E-state index is 0.523. The second kappa shape index (κ2) is 7.25. The monoisotopic (exact) mass is 343 g/mol. The van der Waals surface area contributed by atoms with Crippen LogP contribution >= 0.6 is 0 Å². The Morgan fingerprint density at radius 2 is 1.57 bits per heavy atom. The summed E-state index contributed by atoms with van der Waals surface area (Å²) >= 11 is 0. The molecular formula is C14H25N5O3S. The minimum Gasteiger partial charge on any atom is -0.340 e. The fourth-order valence-electron chi connectivity index (χ4n) is 3.16. The molecule has 8 nitrogen and oxygen atoms in total. The van der Waals surface area contributed by atoms with Gasteiger partial charge in [-0.15, -0.1) is 0 Å². The summed E-state index contributed by atoms with van der Waals surface area (Å²) in [6.07, 6.45) is 4.20. The molecule has 3 heterocycles. The van der Waals surface area contributed by atoms with Gasteiger partial charge in [0.25, 0.3) is 10.2 Å². The van der Waals surface area contributed by atoms with E-state index in [-0.39, 0.29) is 0 Å². The SMILES string of the molecule is Cc1nc(CN2CCN(S(=O)(=O)N3CCCCCC3)CC2)no1. The average molecular weight is 343 g/mol. The van der Waals surface area contributed by atoms with Crippen molar-refractivity contribution < 1.29 is 12.9 Å². The maximum absolute atomic E-state index is 12.8. The number of aromatic nitrogens is 2. The molecule has 0 unspecified atom stereocenters. The molecule has 0 aliphatic carbocycles. The fourth-order valence-corrected chi connectivity index (χ4v) is 4.83. The Bertz CT molecular complexity index is 602. The summed E-state index contributed by atoms with van der Waals surface area (Å²) in [5.41, 5.74) is 0. The molecule has 1 aromatic rings. The Kier molecular flexibility index (Phi) is 5.30. The van der Waals surface area contributed by atoms with Crippen LogP contribution in [0.3, 0.4) is 0 Å². The highest BCUT2D eigenvalue weighted by Crippen LogP contribution is 2.18. The van der Waals surface area contributed by atoms with Gasteiger partial charge < -0.3 is 4.52 Å². The molecule has 0 saturated carbocycles. The number of rotatable bonds is 4. The first kappa shape index (κ1) is 16.8. The van der Waals surface area contributed by atoms with E-state index in [1.54, 1.807) is 15.5 Å². The molecule has 1 aromatic heterocycles. The quantitative estimate of drug-likeness (QED) is 0.797. The third-order valence-corrected chi connectivity index (χ3v) is 6.52. The summed E-state index contributed by atoms with van der Waals surface area (Å²) in [4.78, 5) is 6.36. The van der Waals surface area contributed by atoms with Crippen molar-refractivity contribution in [3.63, 3.8) is 0 Å². The van der Waals surface area contributed by atoms with Crippen LogP contribution in [0.25, 0.3) is 0 Å². The standard InChI is InChI=1S/C14H25N5O3S/c1-13-15-14(16-22-13)12-17-8-10-19(11-9-17)23(20,21)18-6-4-2-3-5-7-18/h2-12H2,1H3. The second-order valence-corrected chi connectivity index (χ2v) is 8.15. The van der Waals surface area contributed by atoms with Crippen LogP contribution in [0.5, 0.6) is 0 Å². The smallest absolute Gasteiger partial charge is 0.282 e. The highest BCUT2D eigenvalue weighted by molar-refractivity contribution is 7.86. The molecule has 0 aromatic carbocycles. The van der Waals surface area contributed by atoms with Gasteiger partial charge in [-0.3, -0.25) is 4.90 Å². The van der Waals surface area contributed by atoms with E-state index in [9.17, 15) is 8.42 Å². The van der Waals surface area contributed by atoms with Crippen molar-refractivity contribution in [1.29, 1.82) is 0 Å². The van der Waals surface area contributed by atoms with Crippen LogP contribution in [-0.2, 0) is 16.8 Å². The molecule has 2 aliphatic rings. The van der Waals surface area contributed by atoms with Crippen molar-refractivity contribution in [3.8, 4) is 0 Å². The molecule has 23 heavy (non-hydrogen) atoms. The van der Waals surface area contributed by atoms with Gasteiger partial charge >= 0.3 is 0 Å². The van der Waals surface area contributed by atoms with Crippen LogP contribution < -0.4 is 0 Å². The molecular weight excluding hydrogens is 318 g/mol. The lowest BCUT2D eigenvalue weighted by Crippen LogP contribution is -2.53. The van der Waals surface area contributed by atoms with Crippen molar-refractivity contribution >= 4 is 10.2 Å². The molecule has 3 rings (SSSR count). The summed E-state index contributed by atoms with van der Waals surface area (Å²) in [5, 5.41) is 3.89. The largest absolute Gasteiger partial charge is 0.340 e. The zero-order valence-electron chi connectivity index (χ0n) is 13.6. The van der Waals surface area contributed by atoms with Crippen LogP contribution in [0, 0.1) is 6.92 Å². The van der Waals surface area contributed by atoms with Gasteiger partial charge in [-0.05, 0) is 12.8 Å². The fraction of sp³-hybridized carbons (Fsp3) is 0.857. The Morgan fingerprint density at radius 3 is 2.13 bits per heavy atom. The molecule has 9 heteroatoms. The highest BCUT2D eigenvalue weighted by atomic mass is 32.2. The number of hydrogen-bond acceptors (Lipinski definition) is 6. The lowest BCUT2D eigenvalue weighted by atomic mass is 10.2. The van der Waals surface area contributed by atoms with Gasteiger partial charge in [0, 0.05) is 46.2 Å². The molecule has 0 atom stereocenters. The van der Waals surface area contributed by atoms with Crippen LogP contribution in [0.4, 0.5) is 0 Å². The second-order valence-electron chi connectivity index (χ2n) is 6.23.